The predicted octanol–water partition coefficient (Wildman–Crippen LogP) is 1.24. The van der Waals surface area contributed by atoms with Crippen LogP contribution in [-0.2, 0) is 9.59 Å². The fourth-order valence-corrected chi connectivity index (χ4v) is 2.67. The SMILES string of the molecule is CC(=O)NC(CC(=O)N1CCCC(O)C1)c1ccccc1. The van der Waals surface area contributed by atoms with Crippen LogP contribution < -0.4 is 5.32 Å². The summed E-state index contributed by atoms with van der Waals surface area (Å²) in [7, 11) is 0. The van der Waals surface area contributed by atoms with Crippen molar-refractivity contribution in [3.8, 4) is 0 Å². The molecule has 5 nitrogen and oxygen atoms in total. The van der Waals surface area contributed by atoms with Crippen LogP contribution in [0.2, 0.25) is 0 Å². The summed E-state index contributed by atoms with van der Waals surface area (Å²) in [5, 5.41) is 12.5. The average molecular weight is 290 g/mol. The minimum Gasteiger partial charge on any atom is -0.391 e. The van der Waals surface area contributed by atoms with Crippen molar-refractivity contribution in [1.82, 2.24) is 10.2 Å². The van der Waals surface area contributed by atoms with E-state index in [1.807, 2.05) is 30.3 Å². The molecule has 2 N–H and O–H groups in total. The average Bonchev–Trinajstić information content (AvgIpc) is 2.47. The van der Waals surface area contributed by atoms with Crippen molar-refractivity contribution in [2.45, 2.75) is 38.3 Å². The topological polar surface area (TPSA) is 69.6 Å². The van der Waals surface area contributed by atoms with Gasteiger partial charge in [0.25, 0.3) is 0 Å². The van der Waals surface area contributed by atoms with E-state index in [4.69, 9.17) is 0 Å². The minimum absolute atomic E-state index is 0.0312. The number of nitrogens with zero attached hydrogens (tertiary/aromatic N) is 1. The van der Waals surface area contributed by atoms with E-state index in [1.165, 1.54) is 6.92 Å². The van der Waals surface area contributed by atoms with E-state index in [0.717, 1.165) is 18.4 Å². The van der Waals surface area contributed by atoms with Gasteiger partial charge in [-0.2, -0.15) is 0 Å². The van der Waals surface area contributed by atoms with Crippen LogP contribution in [-0.4, -0.2) is 41.0 Å². The van der Waals surface area contributed by atoms with Crippen molar-refractivity contribution in [2.24, 2.45) is 0 Å². The molecule has 21 heavy (non-hydrogen) atoms. The van der Waals surface area contributed by atoms with Gasteiger partial charge in [-0.15, -0.1) is 0 Å². The number of rotatable bonds is 4. The monoisotopic (exact) mass is 290 g/mol. The molecular formula is C16H22N2O3. The summed E-state index contributed by atoms with van der Waals surface area (Å²) in [5.41, 5.74) is 0.915. The Morgan fingerprint density at radius 3 is 2.71 bits per heavy atom. The Hall–Kier alpha value is -1.88. The molecule has 2 amide bonds. The molecule has 0 spiro atoms. The number of benzene rings is 1. The molecule has 0 bridgehead atoms. The first kappa shape index (κ1) is 15.5. The standard InChI is InChI=1S/C16H22N2O3/c1-12(19)17-15(13-6-3-2-4-7-13)10-16(21)18-9-5-8-14(20)11-18/h2-4,6-7,14-15,20H,5,8-11H2,1H3,(H,17,19). The number of amides is 2. The molecule has 0 saturated carbocycles. The molecule has 5 heteroatoms. The third-order valence-corrected chi connectivity index (χ3v) is 3.71. The summed E-state index contributed by atoms with van der Waals surface area (Å²) in [6.45, 7) is 2.52. The molecule has 1 aromatic carbocycles. The lowest BCUT2D eigenvalue weighted by Gasteiger charge is -2.31. The Morgan fingerprint density at radius 1 is 1.38 bits per heavy atom. The number of likely N-dealkylation sites (tertiary alicyclic amines) is 1. The zero-order valence-electron chi connectivity index (χ0n) is 12.3. The van der Waals surface area contributed by atoms with Crippen molar-refractivity contribution >= 4 is 11.8 Å². The van der Waals surface area contributed by atoms with Crippen molar-refractivity contribution in [2.75, 3.05) is 13.1 Å². The van der Waals surface area contributed by atoms with Crippen LogP contribution in [0.3, 0.4) is 0 Å². The number of piperidine rings is 1. The van der Waals surface area contributed by atoms with Crippen molar-refractivity contribution < 1.29 is 14.7 Å². The van der Waals surface area contributed by atoms with E-state index < -0.39 is 6.10 Å². The number of hydrogen-bond donors (Lipinski definition) is 2. The summed E-state index contributed by atoms with van der Waals surface area (Å²) in [5.74, 6) is -0.188. The first-order chi connectivity index (χ1) is 10.1. The fraction of sp³-hybridized carbons (Fsp3) is 0.500. The van der Waals surface area contributed by atoms with E-state index in [0.29, 0.717) is 13.1 Å². The normalized spacial score (nSPS) is 19.9. The molecule has 1 aliphatic heterocycles. The largest absolute Gasteiger partial charge is 0.391 e. The quantitative estimate of drug-likeness (QED) is 0.876. The van der Waals surface area contributed by atoms with Gasteiger partial charge < -0.3 is 15.3 Å². The van der Waals surface area contributed by atoms with Crippen LogP contribution in [0, 0.1) is 0 Å². The molecule has 1 heterocycles. The second-order valence-corrected chi connectivity index (χ2v) is 5.50. The molecule has 2 atom stereocenters. The van der Waals surface area contributed by atoms with Crippen molar-refractivity contribution in [3.05, 3.63) is 35.9 Å². The summed E-state index contributed by atoms with van der Waals surface area (Å²) >= 11 is 0. The van der Waals surface area contributed by atoms with Gasteiger partial charge in [0, 0.05) is 20.0 Å². The van der Waals surface area contributed by atoms with E-state index in [1.54, 1.807) is 4.90 Å². The zero-order chi connectivity index (χ0) is 15.2. The Balaban J connectivity index is 2.04. The zero-order valence-corrected chi connectivity index (χ0v) is 12.3. The number of carbonyl (C=O) groups is 2. The van der Waals surface area contributed by atoms with Crippen molar-refractivity contribution in [1.29, 1.82) is 0 Å². The highest BCUT2D eigenvalue weighted by atomic mass is 16.3. The number of carbonyl (C=O) groups excluding carboxylic acids is 2. The molecule has 1 aliphatic rings. The lowest BCUT2D eigenvalue weighted by molar-refractivity contribution is -0.135. The minimum atomic E-state index is -0.432. The molecule has 2 rings (SSSR count). The molecule has 2 unspecified atom stereocenters. The maximum atomic E-state index is 12.4. The second kappa shape index (κ2) is 7.22. The molecule has 114 valence electrons. The van der Waals surface area contributed by atoms with Crippen LogP contribution in [0.5, 0.6) is 0 Å². The Morgan fingerprint density at radius 2 is 2.10 bits per heavy atom. The highest BCUT2D eigenvalue weighted by Gasteiger charge is 2.25. The first-order valence-corrected chi connectivity index (χ1v) is 7.34. The highest BCUT2D eigenvalue weighted by molar-refractivity contribution is 5.79. The fourth-order valence-electron chi connectivity index (χ4n) is 2.67. The third-order valence-electron chi connectivity index (χ3n) is 3.71. The lowest BCUT2D eigenvalue weighted by atomic mass is 10.0. The predicted molar refractivity (Wildman–Crippen MR) is 79.4 cm³/mol. The van der Waals surface area contributed by atoms with E-state index >= 15 is 0 Å². The number of hydrogen-bond acceptors (Lipinski definition) is 3. The van der Waals surface area contributed by atoms with Crippen LogP contribution in [0.25, 0.3) is 0 Å². The maximum Gasteiger partial charge on any atom is 0.225 e. The maximum absolute atomic E-state index is 12.4. The van der Waals surface area contributed by atoms with Crippen LogP contribution in [0.4, 0.5) is 0 Å². The molecule has 1 aromatic rings. The lowest BCUT2D eigenvalue weighted by Crippen LogP contribution is -2.43. The summed E-state index contributed by atoms with van der Waals surface area (Å²) in [6, 6.07) is 9.16. The van der Waals surface area contributed by atoms with Gasteiger partial charge >= 0.3 is 0 Å². The molecule has 0 aromatic heterocycles. The van der Waals surface area contributed by atoms with Gasteiger partial charge in [-0.05, 0) is 18.4 Å². The van der Waals surface area contributed by atoms with Gasteiger partial charge in [0.15, 0.2) is 0 Å². The summed E-state index contributed by atoms with van der Waals surface area (Å²) in [4.78, 5) is 25.4. The molecular weight excluding hydrogens is 268 g/mol. The van der Waals surface area contributed by atoms with Gasteiger partial charge in [0.2, 0.25) is 11.8 Å². The van der Waals surface area contributed by atoms with Gasteiger partial charge in [-0.1, -0.05) is 30.3 Å². The summed E-state index contributed by atoms with van der Waals surface area (Å²) < 4.78 is 0. The number of aliphatic hydroxyl groups excluding tert-OH is 1. The highest BCUT2D eigenvalue weighted by Crippen LogP contribution is 2.19. The Labute approximate surface area is 125 Å². The third kappa shape index (κ3) is 4.56. The van der Waals surface area contributed by atoms with E-state index in [9.17, 15) is 14.7 Å². The Bertz CT molecular complexity index is 490. The Kier molecular flexibility index (Phi) is 5.33. The first-order valence-electron chi connectivity index (χ1n) is 7.34. The van der Waals surface area contributed by atoms with Crippen LogP contribution >= 0.6 is 0 Å². The van der Waals surface area contributed by atoms with Gasteiger partial charge in [-0.3, -0.25) is 9.59 Å². The number of aliphatic hydroxyl groups is 1. The second-order valence-electron chi connectivity index (χ2n) is 5.50. The molecule has 0 radical (unpaired) electrons. The molecule has 0 aliphatic carbocycles. The van der Waals surface area contributed by atoms with Crippen LogP contribution in [0.1, 0.15) is 37.8 Å². The van der Waals surface area contributed by atoms with Crippen molar-refractivity contribution in [3.63, 3.8) is 0 Å². The van der Waals surface area contributed by atoms with Crippen LogP contribution in [0.15, 0.2) is 30.3 Å². The molecule has 1 fully saturated rings. The van der Waals surface area contributed by atoms with E-state index in [-0.39, 0.29) is 24.3 Å². The summed E-state index contributed by atoms with van der Waals surface area (Å²) in [6.07, 6.45) is 1.36. The van der Waals surface area contributed by atoms with Gasteiger partial charge in [0.1, 0.15) is 0 Å². The molecule has 1 saturated heterocycles. The number of nitrogens with one attached hydrogen (secondary N) is 1. The van der Waals surface area contributed by atoms with Gasteiger partial charge in [-0.25, -0.2) is 0 Å². The number of β-amino-alcohol motifs (C(OH)–C–C–N with tert-alkyl or cyclic N) is 1. The van der Waals surface area contributed by atoms with E-state index in [2.05, 4.69) is 5.32 Å². The smallest absolute Gasteiger partial charge is 0.225 e. The van der Waals surface area contributed by atoms with Gasteiger partial charge in [0.05, 0.1) is 18.6 Å².